The molecule has 0 fully saturated rings. The highest BCUT2D eigenvalue weighted by molar-refractivity contribution is 8.00. The number of hydrogen-bond acceptors (Lipinski definition) is 7. The van der Waals surface area contributed by atoms with Gasteiger partial charge in [0.2, 0.25) is 5.89 Å². The van der Waals surface area contributed by atoms with E-state index in [1.54, 1.807) is 13.0 Å². The Bertz CT molecular complexity index is 959. The van der Waals surface area contributed by atoms with Crippen molar-refractivity contribution in [3.05, 3.63) is 70.0 Å². The maximum absolute atomic E-state index is 12.9. The Kier molecular flexibility index (Phi) is 5.08. The lowest BCUT2D eigenvalue weighted by atomic mass is 10.1. The van der Waals surface area contributed by atoms with Gasteiger partial charge in [-0.1, -0.05) is 17.8 Å². The summed E-state index contributed by atoms with van der Waals surface area (Å²) in [6.07, 6.45) is 0. The van der Waals surface area contributed by atoms with Crippen LogP contribution in [0.25, 0.3) is 11.5 Å². The number of rotatable bonds is 6. The zero-order valence-corrected chi connectivity index (χ0v) is 14.3. The lowest BCUT2D eigenvalue weighted by molar-refractivity contribution is -0.384. The quantitative estimate of drug-likeness (QED) is 0.277. The molecule has 132 valence electrons. The monoisotopic (exact) mass is 373 g/mol. The van der Waals surface area contributed by atoms with Crippen molar-refractivity contribution in [1.82, 2.24) is 10.2 Å². The van der Waals surface area contributed by atoms with Gasteiger partial charge < -0.3 is 4.42 Å². The summed E-state index contributed by atoms with van der Waals surface area (Å²) in [5, 5.41) is 18.2. The van der Waals surface area contributed by atoms with Crippen molar-refractivity contribution in [2.75, 3.05) is 0 Å². The number of aromatic nitrogens is 2. The van der Waals surface area contributed by atoms with Gasteiger partial charge in [-0.15, -0.1) is 10.2 Å². The molecule has 0 N–H and O–H groups in total. The number of nitro benzene ring substituents is 1. The lowest BCUT2D eigenvalue weighted by Gasteiger charge is -2.07. The number of Topliss-reactive ketones (excluding diaryl/α,β-unsaturated/α-hetero) is 1. The minimum Gasteiger partial charge on any atom is -0.411 e. The minimum absolute atomic E-state index is 0.0882. The van der Waals surface area contributed by atoms with E-state index in [1.807, 2.05) is 0 Å². The number of benzene rings is 2. The molecule has 7 nitrogen and oxygen atoms in total. The highest BCUT2D eigenvalue weighted by Gasteiger charge is 2.20. The van der Waals surface area contributed by atoms with Gasteiger partial charge in [0.05, 0.1) is 10.2 Å². The fourth-order valence-electron chi connectivity index (χ4n) is 2.18. The zero-order chi connectivity index (χ0) is 18.7. The predicted octanol–water partition coefficient (Wildman–Crippen LogP) is 4.15. The topological polar surface area (TPSA) is 99.1 Å². The Morgan fingerprint density at radius 2 is 1.96 bits per heavy atom. The normalized spacial score (nSPS) is 11.9. The lowest BCUT2D eigenvalue weighted by Crippen LogP contribution is -2.13. The van der Waals surface area contributed by atoms with Crippen LogP contribution in [0.4, 0.5) is 10.1 Å². The summed E-state index contributed by atoms with van der Waals surface area (Å²) in [6, 6.07) is 11.1. The van der Waals surface area contributed by atoms with Crippen molar-refractivity contribution in [3.63, 3.8) is 0 Å². The van der Waals surface area contributed by atoms with E-state index in [0.717, 1.165) is 11.8 Å². The minimum atomic E-state index is -0.529. The van der Waals surface area contributed by atoms with Crippen LogP contribution in [0.3, 0.4) is 0 Å². The predicted molar refractivity (Wildman–Crippen MR) is 92.4 cm³/mol. The highest BCUT2D eigenvalue weighted by Crippen LogP contribution is 2.29. The number of hydrogen-bond donors (Lipinski definition) is 0. The number of nitro groups is 1. The van der Waals surface area contributed by atoms with E-state index in [9.17, 15) is 19.3 Å². The van der Waals surface area contributed by atoms with Gasteiger partial charge in [0, 0.05) is 23.3 Å². The van der Waals surface area contributed by atoms with Gasteiger partial charge in [0.15, 0.2) is 5.78 Å². The van der Waals surface area contributed by atoms with Crippen molar-refractivity contribution >= 4 is 23.2 Å². The van der Waals surface area contributed by atoms with Crippen LogP contribution in [-0.4, -0.2) is 26.2 Å². The van der Waals surface area contributed by atoms with E-state index in [-0.39, 0.29) is 22.6 Å². The van der Waals surface area contributed by atoms with Crippen LogP contribution in [-0.2, 0) is 0 Å². The van der Waals surface area contributed by atoms with Crippen LogP contribution in [0.2, 0.25) is 0 Å². The van der Waals surface area contributed by atoms with Crippen LogP contribution >= 0.6 is 11.8 Å². The third-order valence-electron chi connectivity index (χ3n) is 3.49. The van der Waals surface area contributed by atoms with Crippen molar-refractivity contribution in [3.8, 4) is 11.5 Å². The van der Waals surface area contributed by atoms with Gasteiger partial charge in [-0.25, -0.2) is 4.39 Å². The summed E-state index contributed by atoms with van der Waals surface area (Å²) in [5.74, 6) is -0.497. The van der Waals surface area contributed by atoms with Crippen LogP contribution in [0.15, 0.2) is 58.2 Å². The van der Waals surface area contributed by atoms with E-state index in [1.165, 1.54) is 42.5 Å². The van der Waals surface area contributed by atoms with Gasteiger partial charge >= 0.3 is 0 Å². The third-order valence-corrected chi connectivity index (χ3v) is 4.42. The van der Waals surface area contributed by atoms with Crippen LogP contribution in [0.1, 0.15) is 17.3 Å². The Morgan fingerprint density at radius 1 is 1.23 bits per heavy atom. The fourth-order valence-corrected chi connectivity index (χ4v) is 2.94. The molecular formula is C17H12FN3O4S. The van der Waals surface area contributed by atoms with Gasteiger partial charge in [0.25, 0.3) is 10.9 Å². The first-order valence-corrected chi connectivity index (χ1v) is 8.37. The van der Waals surface area contributed by atoms with E-state index < -0.39 is 16.0 Å². The molecule has 0 saturated carbocycles. The molecule has 2 aromatic carbocycles. The van der Waals surface area contributed by atoms with Gasteiger partial charge in [-0.05, 0) is 37.3 Å². The summed E-state index contributed by atoms with van der Waals surface area (Å²) in [4.78, 5) is 22.7. The number of thioether (sulfide) groups is 1. The Hall–Kier alpha value is -3.07. The first-order valence-electron chi connectivity index (χ1n) is 7.49. The van der Waals surface area contributed by atoms with Crippen molar-refractivity contribution in [2.45, 2.75) is 17.4 Å². The van der Waals surface area contributed by atoms with Gasteiger partial charge in [-0.3, -0.25) is 14.9 Å². The van der Waals surface area contributed by atoms with E-state index >= 15 is 0 Å². The molecule has 0 saturated heterocycles. The van der Waals surface area contributed by atoms with Crippen molar-refractivity contribution in [2.24, 2.45) is 0 Å². The number of ketones is 1. The second kappa shape index (κ2) is 7.44. The van der Waals surface area contributed by atoms with E-state index in [4.69, 9.17) is 4.42 Å². The van der Waals surface area contributed by atoms with Gasteiger partial charge in [-0.2, -0.15) is 0 Å². The maximum Gasteiger partial charge on any atom is 0.277 e. The fraction of sp³-hybridized carbons (Fsp3) is 0.118. The average Bonchev–Trinajstić information content (AvgIpc) is 3.10. The molecule has 0 amide bonds. The van der Waals surface area contributed by atoms with E-state index in [2.05, 4.69) is 10.2 Å². The van der Waals surface area contributed by atoms with Crippen LogP contribution < -0.4 is 0 Å². The third kappa shape index (κ3) is 3.94. The van der Waals surface area contributed by atoms with Crippen molar-refractivity contribution in [1.29, 1.82) is 0 Å². The smallest absolute Gasteiger partial charge is 0.277 e. The van der Waals surface area contributed by atoms with Crippen LogP contribution in [0.5, 0.6) is 0 Å². The molecule has 3 rings (SSSR count). The SMILES string of the molecule is C[C@@H](Sc1nnc(-c2cccc([N+](=O)[O-])c2)o1)C(=O)c1ccc(F)cc1. The number of halogens is 1. The molecular weight excluding hydrogens is 361 g/mol. The molecule has 3 aromatic rings. The van der Waals surface area contributed by atoms with Crippen molar-refractivity contribution < 1.29 is 18.5 Å². The molecule has 1 aromatic heterocycles. The summed E-state index contributed by atoms with van der Waals surface area (Å²) in [7, 11) is 0. The van der Waals surface area contributed by atoms with Crippen LogP contribution in [0, 0.1) is 15.9 Å². The molecule has 0 aliphatic rings. The number of nitrogens with zero attached hydrogens (tertiary/aromatic N) is 3. The molecule has 0 aliphatic heterocycles. The summed E-state index contributed by atoms with van der Waals surface area (Å²) in [6.45, 7) is 1.67. The van der Waals surface area contributed by atoms with E-state index in [0.29, 0.717) is 11.1 Å². The zero-order valence-electron chi connectivity index (χ0n) is 13.5. The molecule has 0 aliphatic carbocycles. The number of carbonyl (C=O) groups excluding carboxylic acids is 1. The first-order chi connectivity index (χ1) is 12.4. The Morgan fingerprint density at radius 3 is 2.65 bits per heavy atom. The maximum atomic E-state index is 12.9. The largest absolute Gasteiger partial charge is 0.411 e. The second-order valence-electron chi connectivity index (χ2n) is 5.31. The number of carbonyl (C=O) groups is 1. The molecule has 0 spiro atoms. The first kappa shape index (κ1) is 17.7. The molecule has 1 heterocycles. The van der Waals surface area contributed by atoms with Gasteiger partial charge in [0.1, 0.15) is 5.82 Å². The summed E-state index contributed by atoms with van der Waals surface area (Å²) < 4.78 is 18.4. The Labute approximate surface area is 151 Å². The Balaban J connectivity index is 1.73. The average molecular weight is 373 g/mol. The molecule has 9 heteroatoms. The standard InChI is InChI=1S/C17H12FN3O4S/c1-10(15(22)11-5-7-13(18)8-6-11)26-17-20-19-16(25-17)12-3-2-4-14(9-12)21(23)24/h2-10H,1H3/t10-/m1/s1. The molecule has 0 radical (unpaired) electrons. The molecule has 0 bridgehead atoms. The molecule has 1 atom stereocenters. The molecule has 0 unspecified atom stereocenters. The summed E-state index contributed by atoms with van der Waals surface area (Å²) >= 11 is 1.06. The summed E-state index contributed by atoms with van der Waals surface area (Å²) in [5.41, 5.74) is 0.704. The highest BCUT2D eigenvalue weighted by atomic mass is 32.2. The second-order valence-corrected chi connectivity index (χ2v) is 6.60. The number of non-ortho nitro benzene ring substituents is 1. The molecule has 26 heavy (non-hydrogen) atoms.